The lowest BCUT2D eigenvalue weighted by molar-refractivity contribution is 1.17. The molecular weight excluding hydrogens is 259 g/mol. The third-order valence-electron chi connectivity index (χ3n) is 2.49. The SMILES string of the molecule is Cc1ccc(C(Cl)c2ccc(Cl)c(C)c2)s1. The van der Waals surface area contributed by atoms with Crippen molar-refractivity contribution in [3.05, 3.63) is 56.2 Å². The summed E-state index contributed by atoms with van der Waals surface area (Å²) in [6.45, 7) is 4.08. The van der Waals surface area contributed by atoms with Gasteiger partial charge in [0.25, 0.3) is 0 Å². The Morgan fingerprint density at radius 3 is 2.44 bits per heavy atom. The fourth-order valence-electron chi connectivity index (χ4n) is 1.58. The van der Waals surface area contributed by atoms with Crippen LogP contribution in [0.2, 0.25) is 5.02 Å². The number of aryl methyl sites for hydroxylation is 2. The van der Waals surface area contributed by atoms with Gasteiger partial charge in [0.05, 0.1) is 5.38 Å². The molecule has 2 aromatic rings. The van der Waals surface area contributed by atoms with Crippen molar-refractivity contribution in [3.63, 3.8) is 0 Å². The van der Waals surface area contributed by atoms with E-state index in [1.165, 1.54) is 9.75 Å². The average molecular weight is 271 g/mol. The van der Waals surface area contributed by atoms with Gasteiger partial charge < -0.3 is 0 Å². The van der Waals surface area contributed by atoms with Crippen molar-refractivity contribution in [3.8, 4) is 0 Å². The van der Waals surface area contributed by atoms with Crippen LogP contribution in [0.15, 0.2) is 30.3 Å². The second kappa shape index (κ2) is 4.79. The lowest BCUT2D eigenvalue weighted by atomic mass is 10.1. The number of halogens is 2. The van der Waals surface area contributed by atoms with Crippen LogP contribution in [0.1, 0.15) is 26.3 Å². The van der Waals surface area contributed by atoms with E-state index in [4.69, 9.17) is 23.2 Å². The smallest absolute Gasteiger partial charge is 0.0927 e. The molecule has 0 saturated carbocycles. The van der Waals surface area contributed by atoms with Crippen LogP contribution in [0.4, 0.5) is 0 Å². The molecule has 0 fully saturated rings. The molecule has 0 bridgehead atoms. The molecule has 0 aliphatic heterocycles. The van der Waals surface area contributed by atoms with Gasteiger partial charge in [-0.2, -0.15) is 0 Å². The molecular formula is C13H12Cl2S. The molecule has 0 radical (unpaired) electrons. The molecule has 16 heavy (non-hydrogen) atoms. The molecule has 1 aromatic carbocycles. The standard InChI is InChI=1S/C13H12Cl2S/c1-8-7-10(4-5-11(8)14)13(15)12-6-3-9(2)16-12/h3-7,13H,1-2H3. The summed E-state index contributed by atoms with van der Waals surface area (Å²) < 4.78 is 0. The van der Waals surface area contributed by atoms with Crippen molar-refractivity contribution in [2.75, 3.05) is 0 Å². The quantitative estimate of drug-likeness (QED) is 0.646. The Morgan fingerprint density at radius 1 is 1.12 bits per heavy atom. The highest BCUT2D eigenvalue weighted by atomic mass is 35.5. The summed E-state index contributed by atoms with van der Waals surface area (Å²) >= 11 is 14.2. The second-order valence-corrected chi connectivity index (χ2v) is 5.98. The fourth-order valence-corrected chi connectivity index (χ4v) is 2.92. The fraction of sp³-hybridized carbons (Fsp3) is 0.231. The molecule has 0 amide bonds. The van der Waals surface area contributed by atoms with Gasteiger partial charge in [0.2, 0.25) is 0 Å². The van der Waals surface area contributed by atoms with Gasteiger partial charge in [0.1, 0.15) is 0 Å². The van der Waals surface area contributed by atoms with E-state index in [2.05, 4.69) is 25.1 Å². The first-order valence-corrected chi connectivity index (χ1v) is 6.67. The van der Waals surface area contributed by atoms with Crippen molar-refractivity contribution in [1.82, 2.24) is 0 Å². The van der Waals surface area contributed by atoms with Crippen molar-refractivity contribution >= 4 is 34.5 Å². The predicted molar refractivity (Wildman–Crippen MR) is 72.9 cm³/mol. The molecule has 1 unspecified atom stereocenters. The van der Waals surface area contributed by atoms with Gasteiger partial charge in [0, 0.05) is 14.8 Å². The van der Waals surface area contributed by atoms with Crippen LogP contribution in [-0.4, -0.2) is 0 Å². The largest absolute Gasteiger partial charge is 0.144 e. The Balaban J connectivity index is 2.33. The van der Waals surface area contributed by atoms with Crippen LogP contribution >= 0.6 is 34.5 Å². The van der Waals surface area contributed by atoms with E-state index >= 15 is 0 Å². The monoisotopic (exact) mass is 270 g/mol. The first-order chi connectivity index (χ1) is 7.58. The van der Waals surface area contributed by atoms with Crippen LogP contribution in [0.25, 0.3) is 0 Å². The number of hydrogen-bond donors (Lipinski definition) is 0. The first kappa shape index (κ1) is 12.0. The zero-order valence-corrected chi connectivity index (χ0v) is 11.5. The maximum Gasteiger partial charge on any atom is 0.0927 e. The lowest BCUT2D eigenvalue weighted by Crippen LogP contribution is -1.91. The Labute approximate surface area is 110 Å². The molecule has 0 nitrogen and oxygen atoms in total. The van der Waals surface area contributed by atoms with Crippen molar-refractivity contribution in [1.29, 1.82) is 0 Å². The number of alkyl halides is 1. The van der Waals surface area contributed by atoms with Gasteiger partial charge in [-0.15, -0.1) is 22.9 Å². The molecule has 1 atom stereocenters. The minimum atomic E-state index is -0.0744. The number of hydrogen-bond acceptors (Lipinski definition) is 1. The summed E-state index contributed by atoms with van der Waals surface area (Å²) in [6.07, 6.45) is 0. The molecule has 1 aromatic heterocycles. The summed E-state index contributed by atoms with van der Waals surface area (Å²) in [6, 6.07) is 10.1. The zero-order valence-electron chi connectivity index (χ0n) is 9.13. The average Bonchev–Trinajstić information content (AvgIpc) is 2.68. The summed E-state index contributed by atoms with van der Waals surface area (Å²) in [4.78, 5) is 2.47. The second-order valence-electron chi connectivity index (χ2n) is 3.82. The predicted octanol–water partition coefficient (Wildman–Crippen LogP) is 5.35. The van der Waals surface area contributed by atoms with Gasteiger partial charge in [-0.25, -0.2) is 0 Å². The Hall–Kier alpha value is -0.500. The maximum absolute atomic E-state index is 6.44. The summed E-state index contributed by atoms with van der Waals surface area (Å²) in [5.41, 5.74) is 2.17. The Morgan fingerprint density at radius 2 is 1.88 bits per heavy atom. The highest BCUT2D eigenvalue weighted by Gasteiger charge is 2.13. The molecule has 1 heterocycles. The van der Waals surface area contributed by atoms with E-state index in [1.807, 2.05) is 19.1 Å². The minimum absolute atomic E-state index is 0.0744. The number of thiophene rings is 1. The van der Waals surface area contributed by atoms with Crippen LogP contribution in [0, 0.1) is 13.8 Å². The molecule has 84 valence electrons. The van der Waals surface area contributed by atoms with Gasteiger partial charge in [-0.3, -0.25) is 0 Å². The van der Waals surface area contributed by atoms with E-state index in [0.29, 0.717) is 0 Å². The number of benzene rings is 1. The van der Waals surface area contributed by atoms with Crippen LogP contribution < -0.4 is 0 Å². The van der Waals surface area contributed by atoms with Crippen LogP contribution in [0.5, 0.6) is 0 Å². The van der Waals surface area contributed by atoms with Gasteiger partial charge in [-0.05, 0) is 43.2 Å². The van der Waals surface area contributed by atoms with Crippen LogP contribution in [0.3, 0.4) is 0 Å². The molecule has 0 N–H and O–H groups in total. The van der Waals surface area contributed by atoms with Crippen molar-refractivity contribution in [2.24, 2.45) is 0 Å². The lowest BCUT2D eigenvalue weighted by Gasteiger charge is -2.09. The normalized spacial score (nSPS) is 12.8. The first-order valence-electron chi connectivity index (χ1n) is 5.04. The van der Waals surface area contributed by atoms with Crippen molar-refractivity contribution < 1.29 is 0 Å². The highest BCUT2D eigenvalue weighted by molar-refractivity contribution is 7.12. The zero-order chi connectivity index (χ0) is 11.7. The summed E-state index contributed by atoms with van der Waals surface area (Å²) in [7, 11) is 0. The molecule has 0 aliphatic carbocycles. The van der Waals surface area contributed by atoms with Gasteiger partial charge >= 0.3 is 0 Å². The Bertz CT molecular complexity index is 502. The summed E-state index contributed by atoms with van der Waals surface area (Å²) in [5.74, 6) is 0. The Kier molecular flexibility index (Phi) is 3.58. The molecule has 2 rings (SSSR count). The van der Waals surface area contributed by atoms with E-state index in [9.17, 15) is 0 Å². The van der Waals surface area contributed by atoms with E-state index in [1.54, 1.807) is 11.3 Å². The van der Waals surface area contributed by atoms with Crippen LogP contribution in [-0.2, 0) is 0 Å². The van der Waals surface area contributed by atoms with Gasteiger partial charge in [-0.1, -0.05) is 23.7 Å². The maximum atomic E-state index is 6.44. The molecule has 0 aliphatic rings. The number of rotatable bonds is 2. The molecule has 3 heteroatoms. The third kappa shape index (κ3) is 2.42. The van der Waals surface area contributed by atoms with Crippen molar-refractivity contribution in [2.45, 2.75) is 19.2 Å². The molecule has 0 saturated heterocycles. The van der Waals surface area contributed by atoms with Gasteiger partial charge in [0.15, 0.2) is 0 Å². The highest BCUT2D eigenvalue weighted by Crippen LogP contribution is 2.34. The van der Waals surface area contributed by atoms with E-state index < -0.39 is 0 Å². The molecule has 0 spiro atoms. The topological polar surface area (TPSA) is 0 Å². The summed E-state index contributed by atoms with van der Waals surface area (Å²) in [5, 5.41) is 0.713. The minimum Gasteiger partial charge on any atom is -0.144 e. The third-order valence-corrected chi connectivity index (χ3v) is 4.59. The van der Waals surface area contributed by atoms with E-state index in [0.717, 1.165) is 16.1 Å². The van der Waals surface area contributed by atoms with E-state index in [-0.39, 0.29) is 5.38 Å².